The summed E-state index contributed by atoms with van der Waals surface area (Å²) in [6.07, 6.45) is 4.26. The van der Waals surface area contributed by atoms with Crippen molar-refractivity contribution in [1.29, 1.82) is 0 Å². The molecule has 1 fully saturated rings. The molecule has 176 valence electrons. The molecular weight excluding hydrogens is 418 g/mol. The number of anilines is 1. The summed E-state index contributed by atoms with van der Waals surface area (Å²) in [5.41, 5.74) is 3.12. The van der Waals surface area contributed by atoms with Gasteiger partial charge in [0.25, 0.3) is 5.91 Å². The van der Waals surface area contributed by atoms with Gasteiger partial charge in [0, 0.05) is 49.1 Å². The Morgan fingerprint density at radius 1 is 1.21 bits per heavy atom. The number of aliphatic hydroxyl groups is 1. The van der Waals surface area contributed by atoms with Crippen LogP contribution in [0, 0.1) is 0 Å². The van der Waals surface area contributed by atoms with Crippen LogP contribution < -0.4 is 10.2 Å². The van der Waals surface area contributed by atoms with E-state index in [2.05, 4.69) is 40.8 Å². The van der Waals surface area contributed by atoms with E-state index in [0.717, 1.165) is 28.2 Å². The smallest absolute Gasteiger partial charge is 0.251 e. The highest BCUT2D eigenvalue weighted by Gasteiger charge is 2.28. The fraction of sp³-hybridized carbons (Fsp3) is 0.480. The van der Waals surface area contributed by atoms with Crippen molar-refractivity contribution in [3.8, 4) is 11.4 Å². The third-order valence-corrected chi connectivity index (χ3v) is 6.29. The van der Waals surface area contributed by atoms with Gasteiger partial charge < -0.3 is 24.6 Å². The molecule has 0 radical (unpaired) electrons. The standard InChI is InChI=1S/C25H33N5O3/c1-4-33-14-12-29-22-9-7-19(25(32)26-11-13-31)15-21(22)28-24(29)20-8-10-23(27-16-20)30-17(2)5-6-18(30)3/h7-10,15-18,31H,4-6,11-14H2,1-3H3,(H,26,32)/t17-,18-/m0/s1. The van der Waals surface area contributed by atoms with E-state index in [1.807, 2.05) is 19.2 Å². The highest BCUT2D eigenvalue weighted by molar-refractivity contribution is 5.97. The van der Waals surface area contributed by atoms with Crippen molar-refractivity contribution >= 4 is 22.8 Å². The molecule has 3 aromatic rings. The lowest BCUT2D eigenvalue weighted by Crippen LogP contribution is -2.33. The molecule has 1 saturated heterocycles. The summed E-state index contributed by atoms with van der Waals surface area (Å²) in [6.45, 7) is 8.48. The van der Waals surface area contributed by atoms with Crippen molar-refractivity contribution in [3.05, 3.63) is 42.1 Å². The molecule has 0 unspecified atom stereocenters. The van der Waals surface area contributed by atoms with Gasteiger partial charge in [-0.1, -0.05) is 0 Å². The largest absolute Gasteiger partial charge is 0.395 e. The molecule has 2 atom stereocenters. The first-order valence-electron chi connectivity index (χ1n) is 11.7. The summed E-state index contributed by atoms with van der Waals surface area (Å²) in [5, 5.41) is 11.7. The topological polar surface area (TPSA) is 92.5 Å². The molecule has 3 heterocycles. The summed E-state index contributed by atoms with van der Waals surface area (Å²) in [4.78, 5) is 24.4. The van der Waals surface area contributed by atoms with Gasteiger partial charge in [-0.25, -0.2) is 9.97 Å². The molecule has 0 saturated carbocycles. The van der Waals surface area contributed by atoms with Crippen molar-refractivity contribution in [3.63, 3.8) is 0 Å². The number of hydrogen-bond donors (Lipinski definition) is 2. The Kier molecular flexibility index (Phi) is 7.25. The summed E-state index contributed by atoms with van der Waals surface area (Å²) in [6, 6.07) is 10.6. The van der Waals surface area contributed by atoms with E-state index in [4.69, 9.17) is 19.8 Å². The maximum absolute atomic E-state index is 12.3. The molecule has 1 aliphatic heterocycles. The van der Waals surface area contributed by atoms with Crippen molar-refractivity contribution < 1.29 is 14.6 Å². The Labute approximate surface area is 194 Å². The van der Waals surface area contributed by atoms with Crippen molar-refractivity contribution in [2.24, 2.45) is 0 Å². The van der Waals surface area contributed by atoms with Gasteiger partial charge in [0.1, 0.15) is 11.6 Å². The Morgan fingerprint density at radius 2 is 2.00 bits per heavy atom. The Morgan fingerprint density at radius 3 is 2.67 bits per heavy atom. The van der Waals surface area contributed by atoms with E-state index in [-0.39, 0.29) is 19.1 Å². The lowest BCUT2D eigenvalue weighted by atomic mass is 10.2. The van der Waals surface area contributed by atoms with Crippen LogP contribution in [0.5, 0.6) is 0 Å². The quantitative estimate of drug-likeness (QED) is 0.485. The third-order valence-electron chi connectivity index (χ3n) is 6.29. The molecule has 1 amide bonds. The number of aliphatic hydroxyl groups excluding tert-OH is 1. The van der Waals surface area contributed by atoms with Crippen LogP contribution in [-0.4, -0.2) is 64.0 Å². The number of aromatic nitrogens is 3. The molecular formula is C25H33N5O3. The molecule has 33 heavy (non-hydrogen) atoms. The summed E-state index contributed by atoms with van der Waals surface area (Å²) >= 11 is 0. The molecule has 4 rings (SSSR count). The summed E-state index contributed by atoms with van der Waals surface area (Å²) in [7, 11) is 0. The van der Waals surface area contributed by atoms with Gasteiger partial charge >= 0.3 is 0 Å². The number of ether oxygens (including phenoxy) is 1. The van der Waals surface area contributed by atoms with Crippen molar-refractivity contribution in [2.75, 3.05) is 31.3 Å². The molecule has 8 nitrogen and oxygen atoms in total. The second kappa shape index (κ2) is 10.3. The average molecular weight is 452 g/mol. The van der Waals surface area contributed by atoms with E-state index in [0.29, 0.717) is 37.4 Å². The first-order chi connectivity index (χ1) is 16.0. The van der Waals surface area contributed by atoms with E-state index in [9.17, 15) is 4.79 Å². The Balaban J connectivity index is 1.68. The summed E-state index contributed by atoms with van der Waals surface area (Å²) < 4.78 is 7.73. The number of benzene rings is 1. The Hall–Kier alpha value is -2.97. The number of hydrogen-bond acceptors (Lipinski definition) is 6. The maximum atomic E-state index is 12.3. The average Bonchev–Trinajstić information content (AvgIpc) is 3.36. The number of imidazole rings is 1. The monoisotopic (exact) mass is 451 g/mol. The number of nitrogens with zero attached hydrogens (tertiary/aromatic N) is 4. The van der Waals surface area contributed by atoms with Gasteiger partial charge in [0.15, 0.2) is 0 Å². The predicted octanol–water partition coefficient (Wildman–Crippen LogP) is 3.23. The normalized spacial score (nSPS) is 18.2. The maximum Gasteiger partial charge on any atom is 0.251 e. The minimum absolute atomic E-state index is 0.0951. The number of carbonyl (C=O) groups excluding carboxylic acids is 1. The third kappa shape index (κ3) is 4.86. The molecule has 0 spiro atoms. The highest BCUT2D eigenvalue weighted by Crippen LogP contribution is 2.31. The van der Waals surface area contributed by atoms with Gasteiger partial charge in [0.05, 0.1) is 24.2 Å². The number of pyridine rings is 1. The molecule has 8 heteroatoms. The van der Waals surface area contributed by atoms with Crippen LogP contribution in [-0.2, 0) is 11.3 Å². The van der Waals surface area contributed by atoms with Crippen LogP contribution in [0.25, 0.3) is 22.4 Å². The Bertz CT molecular complexity index is 1090. The minimum atomic E-state index is -0.226. The highest BCUT2D eigenvalue weighted by atomic mass is 16.5. The van der Waals surface area contributed by atoms with Crippen LogP contribution in [0.3, 0.4) is 0 Å². The zero-order valence-corrected chi connectivity index (χ0v) is 19.6. The van der Waals surface area contributed by atoms with Crippen molar-refractivity contribution in [2.45, 2.75) is 52.2 Å². The van der Waals surface area contributed by atoms with Crippen LogP contribution >= 0.6 is 0 Å². The van der Waals surface area contributed by atoms with Crippen LogP contribution in [0.2, 0.25) is 0 Å². The van der Waals surface area contributed by atoms with Gasteiger partial charge in [0.2, 0.25) is 0 Å². The van der Waals surface area contributed by atoms with Gasteiger partial charge in [-0.3, -0.25) is 4.79 Å². The van der Waals surface area contributed by atoms with E-state index in [1.54, 1.807) is 12.1 Å². The number of nitrogens with one attached hydrogen (secondary N) is 1. The van der Waals surface area contributed by atoms with E-state index >= 15 is 0 Å². The van der Waals surface area contributed by atoms with Crippen LogP contribution in [0.15, 0.2) is 36.5 Å². The van der Waals surface area contributed by atoms with E-state index < -0.39 is 0 Å². The first kappa shape index (κ1) is 23.2. The fourth-order valence-corrected chi connectivity index (χ4v) is 4.61. The molecule has 2 N–H and O–H groups in total. The first-order valence-corrected chi connectivity index (χ1v) is 11.7. The van der Waals surface area contributed by atoms with Crippen LogP contribution in [0.4, 0.5) is 5.82 Å². The molecule has 0 bridgehead atoms. The number of carbonyl (C=O) groups is 1. The molecule has 2 aromatic heterocycles. The number of fused-ring (bicyclic) bond motifs is 1. The number of rotatable bonds is 9. The van der Waals surface area contributed by atoms with Crippen LogP contribution in [0.1, 0.15) is 44.0 Å². The van der Waals surface area contributed by atoms with Gasteiger partial charge in [-0.05, 0) is 63.9 Å². The predicted molar refractivity (Wildman–Crippen MR) is 130 cm³/mol. The SMILES string of the molecule is CCOCCn1c(-c2ccc(N3[C@@H](C)CC[C@@H]3C)nc2)nc2cc(C(=O)NCCO)ccc21. The summed E-state index contributed by atoms with van der Waals surface area (Å²) in [5.74, 6) is 1.58. The second-order valence-electron chi connectivity index (χ2n) is 8.55. The number of amides is 1. The van der Waals surface area contributed by atoms with Gasteiger partial charge in [-0.15, -0.1) is 0 Å². The molecule has 1 aliphatic rings. The zero-order valence-electron chi connectivity index (χ0n) is 19.6. The molecule has 1 aromatic carbocycles. The minimum Gasteiger partial charge on any atom is -0.395 e. The second-order valence-corrected chi connectivity index (χ2v) is 8.55. The van der Waals surface area contributed by atoms with Gasteiger partial charge in [-0.2, -0.15) is 0 Å². The fourth-order valence-electron chi connectivity index (χ4n) is 4.61. The van der Waals surface area contributed by atoms with E-state index in [1.165, 1.54) is 12.8 Å². The molecule has 0 aliphatic carbocycles. The lowest BCUT2D eigenvalue weighted by Gasteiger charge is -2.27. The zero-order chi connectivity index (χ0) is 23.4. The lowest BCUT2D eigenvalue weighted by molar-refractivity contribution is 0.0945. The van der Waals surface area contributed by atoms with Crippen molar-refractivity contribution in [1.82, 2.24) is 19.9 Å².